The second kappa shape index (κ2) is 5.82. The number of hydrogen-bond acceptors (Lipinski definition) is 2. The first-order valence-corrected chi connectivity index (χ1v) is 7.50. The number of nitrogens with zero attached hydrogens (tertiary/aromatic N) is 3. The Kier molecular flexibility index (Phi) is 4.04. The van der Waals surface area contributed by atoms with E-state index in [-0.39, 0.29) is 5.82 Å². The highest BCUT2D eigenvalue weighted by molar-refractivity contribution is 6.06. The van der Waals surface area contributed by atoms with Crippen LogP contribution in [0.2, 0.25) is 0 Å². The maximum Gasteiger partial charge on any atom is 0.409 e. The van der Waals surface area contributed by atoms with Crippen molar-refractivity contribution >= 4 is 11.7 Å². The molecule has 0 saturated carbocycles. The maximum absolute atomic E-state index is 13.5. The molecular formula is C16H14F5N3O. The molecule has 1 aliphatic heterocycles. The van der Waals surface area contributed by atoms with E-state index < -0.39 is 47.8 Å². The minimum atomic E-state index is -4.70. The van der Waals surface area contributed by atoms with Gasteiger partial charge < -0.3 is 0 Å². The summed E-state index contributed by atoms with van der Waals surface area (Å²) in [4.78, 5) is 13.2. The molecule has 3 rings (SSSR count). The number of anilines is 1. The molecule has 9 heteroatoms. The van der Waals surface area contributed by atoms with Gasteiger partial charge in [-0.3, -0.25) is 9.69 Å². The summed E-state index contributed by atoms with van der Waals surface area (Å²) in [5.41, 5.74) is -0.0559. The van der Waals surface area contributed by atoms with Crippen molar-refractivity contribution < 1.29 is 26.7 Å². The van der Waals surface area contributed by atoms with Crippen molar-refractivity contribution in [2.24, 2.45) is 0 Å². The van der Waals surface area contributed by atoms with Crippen LogP contribution >= 0.6 is 0 Å². The number of hydrogen-bond donors (Lipinski definition) is 0. The molecule has 1 aromatic heterocycles. The molecule has 0 radical (unpaired) electrons. The molecule has 2 atom stereocenters. The van der Waals surface area contributed by atoms with E-state index in [2.05, 4.69) is 5.10 Å². The van der Waals surface area contributed by atoms with Gasteiger partial charge in [-0.25, -0.2) is 13.5 Å². The molecule has 4 nitrogen and oxygen atoms in total. The second-order valence-corrected chi connectivity index (χ2v) is 6.06. The topological polar surface area (TPSA) is 38.1 Å². The van der Waals surface area contributed by atoms with Crippen molar-refractivity contribution in [1.82, 2.24) is 9.78 Å². The summed E-state index contributed by atoms with van der Waals surface area (Å²) in [6.45, 7) is 3.16. The predicted molar refractivity (Wildman–Crippen MR) is 79.3 cm³/mol. The van der Waals surface area contributed by atoms with Gasteiger partial charge in [-0.05, 0) is 32.4 Å². The molecule has 2 heterocycles. The van der Waals surface area contributed by atoms with Crippen LogP contribution in [0, 0.1) is 18.6 Å². The number of aromatic nitrogens is 2. The SMILES string of the molecule is Cc1cc2n(n1)[C@H](C)C[C@H](C(F)(F)F)N2C(=O)c1cc(F)cc(F)c1. The third-order valence-corrected chi connectivity index (χ3v) is 4.08. The zero-order valence-electron chi connectivity index (χ0n) is 13.3. The average molecular weight is 359 g/mol. The van der Waals surface area contributed by atoms with E-state index in [4.69, 9.17) is 0 Å². The summed E-state index contributed by atoms with van der Waals surface area (Å²) in [5.74, 6) is -3.26. The zero-order valence-corrected chi connectivity index (χ0v) is 13.3. The molecule has 0 aliphatic carbocycles. The minimum Gasteiger partial charge on any atom is -0.280 e. The molecule has 0 bridgehead atoms. The zero-order chi connectivity index (χ0) is 18.5. The van der Waals surface area contributed by atoms with Crippen LogP contribution in [0.4, 0.5) is 27.8 Å². The fraction of sp³-hybridized carbons (Fsp3) is 0.375. The van der Waals surface area contributed by atoms with E-state index >= 15 is 0 Å². The molecular weight excluding hydrogens is 345 g/mol. The lowest BCUT2D eigenvalue weighted by atomic mass is 10.0. The highest BCUT2D eigenvalue weighted by Crippen LogP contribution is 2.40. The van der Waals surface area contributed by atoms with Crippen molar-refractivity contribution in [3.8, 4) is 0 Å². The van der Waals surface area contributed by atoms with Crippen LogP contribution in [-0.2, 0) is 0 Å². The number of alkyl halides is 3. The van der Waals surface area contributed by atoms with Crippen molar-refractivity contribution in [2.45, 2.75) is 38.5 Å². The van der Waals surface area contributed by atoms with E-state index in [1.807, 2.05) is 0 Å². The van der Waals surface area contributed by atoms with Crippen molar-refractivity contribution in [1.29, 1.82) is 0 Å². The number of fused-ring (bicyclic) bond motifs is 1. The highest BCUT2D eigenvalue weighted by Gasteiger charge is 2.50. The molecule has 0 N–H and O–H groups in total. The number of carbonyl (C=O) groups is 1. The Labute approximate surface area is 139 Å². The molecule has 1 aromatic carbocycles. The quantitative estimate of drug-likeness (QED) is 0.722. The van der Waals surface area contributed by atoms with Gasteiger partial charge in [0.15, 0.2) is 0 Å². The summed E-state index contributed by atoms with van der Waals surface area (Å²) in [5, 5.41) is 4.12. The van der Waals surface area contributed by atoms with Gasteiger partial charge in [-0.2, -0.15) is 18.3 Å². The third-order valence-electron chi connectivity index (χ3n) is 4.08. The molecule has 2 aromatic rings. The fourth-order valence-electron chi connectivity index (χ4n) is 3.04. The fourth-order valence-corrected chi connectivity index (χ4v) is 3.04. The normalized spacial score (nSPS) is 20.5. The first-order chi connectivity index (χ1) is 11.6. The van der Waals surface area contributed by atoms with Crippen molar-refractivity contribution in [2.75, 3.05) is 4.90 Å². The first-order valence-electron chi connectivity index (χ1n) is 7.50. The Morgan fingerprint density at radius 2 is 1.76 bits per heavy atom. The largest absolute Gasteiger partial charge is 0.409 e. The Balaban J connectivity index is 2.14. The van der Waals surface area contributed by atoms with E-state index in [1.54, 1.807) is 13.8 Å². The van der Waals surface area contributed by atoms with Crippen LogP contribution in [0.3, 0.4) is 0 Å². The summed E-state index contributed by atoms with van der Waals surface area (Å²) in [6, 6.07) is 0.634. The summed E-state index contributed by atoms with van der Waals surface area (Å²) in [7, 11) is 0. The Morgan fingerprint density at radius 3 is 2.32 bits per heavy atom. The number of benzene rings is 1. The molecule has 1 amide bonds. The minimum absolute atomic E-state index is 0.0479. The standard InChI is InChI=1S/C16H14F5N3O/c1-8-3-14-23(15(25)10-5-11(17)7-12(18)6-10)13(16(19,20)21)4-9(2)24(14)22-8/h3,5-7,9,13H,4H2,1-2H3/t9-,13-/m1/s1. The third kappa shape index (κ3) is 3.10. The Morgan fingerprint density at radius 1 is 1.16 bits per heavy atom. The van der Waals surface area contributed by atoms with Gasteiger partial charge in [0.05, 0.1) is 11.7 Å². The second-order valence-electron chi connectivity index (χ2n) is 6.06. The van der Waals surface area contributed by atoms with Crippen LogP contribution in [0.25, 0.3) is 0 Å². The first kappa shape index (κ1) is 17.4. The summed E-state index contributed by atoms with van der Waals surface area (Å²) >= 11 is 0. The van der Waals surface area contributed by atoms with E-state index in [1.165, 1.54) is 10.7 Å². The lowest BCUT2D eigenvalue weighted by molar-refractivity contribution is -0.152. The molecule has 1 aliphatic rings. The molecule has 134 valence electrons. The highest BCUT2D eigenvalue weighted by atomic mass is 19.4. The van der Waals surface area contributed by atoms with Crippen LogP contribution in [0.1, 0.15) is 35.4 Å². The van der Waals surface area contributed by atoms with E-state index in [0.717, 1.165) is 0 Å². The van der Waals surface area contributed by atoms with Gasteiger partial charge in [0.2, 0.25) is 0 Å². The number of aryl methyl sites for hydroxylation is 1. The number of amides is 1. The van der Waals surface area contributed by atoms with Crippen molar-refractivity contribution in [3.63, 3.8) is 0 Å². The number of rotatable bonds is 1. The predicted octanol–water partition coefficient (Wildman–Crippen LogP) is 4.01. The molecule has 0 unspecified atom stereocenters. The molecule has 0 fully saturated rings. The van der Waals surface area contributed by atoms with Gasteiger partial charge in [0.25, 0.3) is 5.91 Å². The van der Waals surface area contributed by atoms with E-state index in [9.17, 15) is 26.7 Å². The van der Waals surface area contributed by atoms with Crippen LogP contribution in [-0.4, -0.2) is 27.9 Å². The lowest BCUT2D eigenvalue weighted by Crippen LogP contribution is -2.53. The van der Waals surface area contributed by atoms with Gasteiger partial charge in [-0.15, -0.1) is 0 Å². The molecule has 25 heavy (non-hydrogen) atoms. The lowest BCUT2D eigenvalue weighted by Gasteiger charge is -2.39. The van der Waals surface area contributed by atoms with Gasteiger partial charge in [0.1, 0.15) is 23.5 Å². The molecule has 0 saturated heterocycles. The van der Waals surface area contributed by atoms with Gasteiger partial charge in [-0.1, -0.05) is 0 Å². The number of carbonyl (C=O) groups excluding carboxylic acids is 1. The molecule has 0 spiro atoms. The van der Waals surface area contributed by atoms with Crippen LogP contribution in [0.5, 0.6) is 0 Å². The van der Waals surface area contributed by atoms with Crippen LogP contribution in [0.15, 0.2) is 24.3 Å². The van der Waals surface area contributed by atoms with Gasteiger partial charge in [0, 0.05) is 17.7 Å². The monoisotopic (exact) mass is 359 g/mol. The Bertz CT molecular complexity index is 809. The summed E-state index contributed by atoms with van der Waals surface area (Å²) in [6.07, 6.45) is -5.10. The number of halogens is 5. The smallest absolute Gasteiger partial charge is 0.280 e. The Hall–Kier alpha value is -2.45. The summed E-state index contributed by atoms with van der Waals surface area (Å²) < 4.78 is 68.7. The van der Waals surface area contributed by atoms with E-state index in [0.29, 0.717) is 28.8 Å². The van der Waals surface area contributed by atoms with Gasteiger partial charge >= 0.3 is 6.18 Å². The van der Waals surface area contributed by atoms with Crippen molar-refractivity contribution in [3.05, 3.63) is 47.2 Å². The van der Waals surface area contributed by atoms with Crippen LogP contribution < -0.4 is 4.90 Å². The maximum atomic E-state index is 13.5. The average Bonchev–Trinajstić information content (AvgIpc) is 2.86.